The topological polar surface area (TPSA) is 163 Å². The number of nitrogens with one attached hydrogen (secondary N) is 2. The molecule has 0 saturated carbocycles. The summed E-state index contributed by atoms with van der Waals surface area (Å²) in [5, 5.41) is 32.9. The molecule has 0 aliphatic rings. The average molecular weight is 498 g/mol. The lowest BCUT2D eigenvalue weighted by Crippen LogP contribution is -2.21. The lowest BCUT2D eigenvalue weighted by molar-refractivity contribution is 0.0695. The van der Waals surface area contributed by atoms with Crippen LogP contribution in [0, 0.1) is 11.6 Å². The Bertz CT molecular complexity index is 1330. The zero-order chi connectivity index (χ0) is 25.3. The molecule has 7 N–H and O–H groups in total. The summed E-state index contributed by atoms with van der Waals surface area (Å²) in [6.45, 7) is 2.91. The molecule has 182 valence electrons. The third kappa shape index (κ3) is 4.88. The number of rotatable bonds is 8. The van der Waals surface area contributed by atoms with Crippen molar-refractivity contribution in [3.05, 3.63) is 50.8 Å². The van der Waals surface area contributed by atoms with Crippen LogP contribution >= 0.6 is 11.6 Å². The molecule has 13 heteroatoms. The van der Waals surface area contributed by atoms with Crippen LogP contribution in [0.4, 0.5) is 26.0 Å². The fourth-order valence-electron chi connectivity index (χ4n) is 3.21. The van der Waals surface area contributed by atoms with Gasteiger partial charge < -0.3 is 31.7 Å². The summed E-state index contributed by atoms with van der Waals surface area (Å²) in [4.78, 5) is 28.4. The fourth-order valence-corrected chi connectivity index (χ4v) is 3.56. The maximum atomic E-state index is 15.1. The second-order valence-corrected chi connectivity index (χ2v) is 8.06. The van der Waals surface area contributed by atoms with Gasteiger partial charge in [0.1, 0.15) is 17.2 Å². The SMILES string of the molecule is CC(O)CNc1cc(F)c(-n2cc(C(=O)O)c(=O)c3cc(F)c(NCC(C)O)c(Cl)c32)nc1N. The number of aliphatic hydroxyl groups is 2. The molecule has 0 bridgehead atoms. The summed E-state index contributed by atoms with van der Waals surface area (Å²) in [5.41, 5.74) is 3.67. The van der Waals surface area contributed by atoms with E-state index in [4.69, 9.17) is 17.3 Å². The van der Waals surface area contributed by atoms with E-state index in [0.717, 1.165) is 22.9 Å². The highest BCUT2D eigenvalue weighted by Crippen LogP contribution is 2.35. The number of halogens is 3. The number of carbonyl (C=O) groups is 1. The highest BCUT2D eigenvalue weighted by Gasteiger charge is 2.24. The molecule has 2 atom stereocenters. The van der Waals surface area contributed by atoms with Crippen LogP contribution in [0.25, 0.3) is 16.7 Å². The lowest BCUT2D eigenvalue weighted by atomic mass is 10.1. The van der Waals surface area contributed by atoms with Crippen LogP contribution in [0.1, 0.15) is 24.2 Å². The normalized spacial score (nSPS) is 13.0. The smallest absolute Gasteiger partial charge is 0.341 e. The van der Waals surface area contributed by atoms with Crippen molar-refractivity contribution in [2.75, 3.05) is 29.5 Å². The van der Waals surface area contributed by atoms with Crippen LogP contribution in [0.5, 0.6) is 0 Å². The Morgan fingerprint density at radius 2 is 1.79 bits per heavy atom. The Hall–Kier alpha value is -3.48. The number of benzene rings is 1. The number of anilines is 3. The largest absolute Gasteiger partial charge is 0.477 e. The number of fused-ring (bicyclic) bond motifs is 1. The Labute approximate surface area is 196 Å². The van der Waals surface area contributed by atoms with Crippen LogP contribution in [0.2, 0.25) is 5.02 Å². The second-order valence-electron chi connectivity index (χ2n) is 7.68. The number of aliphatic hydroxyl groups excluding tert-OH is 2. The van der Waals surface area contributed by atoms with Crippen LogP contribution in [-0.4, -0.2) is 56.1 Å². The van der Waals surface area contributed by atoms with E-state index in [0.29, 0.717) is 0 Å². The Morgan fingerprint density at radius 1 is 1.18 bits per heavy atom. The molecule has 10 nitrogen and oxygen atoms in total. The zero-order valence-corrected chi connectivity index (χ0v) is 18.8. The molecule has 0 radical (unpaired) electrons. The van der Waals surface area contributed by atoms with Crippen LogP contribution in [-0.2, 0) is 0 Å². The predicted octanol–water partition coefficient (Wildman–Crippen LogP) is 2.18. The first-order valence-electron chi connectivity index (χ1n) is 10.0. The third-order valence-electron chi connectivity index (χ3n) is 4.79. The molecule has 1 aromatic carbocycles. The van der Waals surface area contributed by atoms with Crippen molar-refractivity contribution in [3.63, 3.8) is 0 Å². The van der Waals surface area contributed by atoms with E-state index in [2.05, 4.69) is 15.6 Å². The number of aromatic nitrogens is 2. The fraction of sp³-hybridized carbons (Fsp3) is 0.286. The van der Waals surface area contributed by atoms with Gasteiger partial charge in [-0.3, -0.25) is 9.36 Å². The molecule has 3 aromatic rings. The van der Waals surface area contributed by atoms with E-state index < -0.39 is 52.0 Å². The van der Waals surface area contributed by atoms with Crippen molar-refractivity contribution >= 4 is 45.7 Å². The molecule has 0 spiro atoms. The van der Waals surface area contributed by atoms with Crippen molar-refractivity contribution in [3.8, 4) is 5.82 Å². The van der Waals surface area contributed by atoms with Gasteiger partial charge in [-0.2, -0.15) is 0 Å². The molecule has 3 rings (SSSR count). The summed E-state index contributed by atoms with van der Waals surface area (Å²) < 4.78 is 30.8. The zero-order valence-electron chi connectivity index (χ0n) is 18.1. The van der Waals surface area contributed by atoms with E-state index >= 15 is 4.39 Å². The Morgan fingerprint density at radius 3 is 2.38 bits per heavy atom. The minimum atomic E-state index is -1.63. The van der Waals surface area contributed by atoms with Gasteiger partial charge >= 0.3 is 5.97 Å². The summed E-state index contributed by atoms with van der Waals surface area (Å²) in [5.74, 6) is -4.26. The number of hydrogen-bond donors (Lipinski definition) is 6. The van der Waals surface area contributed by atoms with Gasteiger partial charge in [-0.15, -0.1) is 0 Å². The first-order valence-corrected chi connectivity index (χ1v) is 10.4. The van der Waals surface area contributed by atoms with Gasteiger partial charge in [0, 0.05) is 25.4 Å². The number of pyridine rings is 2. The van der Waals surface area contributed by atoms with Crippen molar-refractivity contribution in [1.82, 2.24) is 9.55 Å². The van der Waals surface area contributed by atoms with Crippen molar-refractivity contribution in [2.24, 2.45) is 0 Å². The quantitative estimate of drug-likeness (QED) is 0.274. The second kappa shape index (κ2) is 9.79. The summed E-state index contributed by atoms with van der Waals surface area (Å²) in [7, 11) is 0. The van der Waals surface area contributed by atoms with Gasteiger partial charge in [0.15, 0.2) is 11.6 Å². The van der Waals surface area contributed by atoms with Crippen LogP contribution in [0.15, 0.2) is 23.1 Å². The highest BCUT2D eigenvalue weighted by molar-refractivity contribution is 6.38. The number of carboxylic acid groups (broad SMARTS) is 1. The van der Waals surface area contributed by atoms with E-state index in [1.807, 2.05) is 0 Å². The molecular weight excluding hydrogens is 476 g/mol. The minimum Gasteiger partial charge on any atom is -0.477 e. The van der Waals surface area contributed by atoms with Gasteiger partial charge in [0.25, 0.3) is 0 Å². The summed E-state index contributed by atoms with van der Waals surface area (Å²) in [6.07, 6.45) is -0.809. The predicted molar refractivity (Wildman–Crippen MR) is 124 cm³/mol. The first kappa shape index (κ1) is 25.1. The molecule has 0 fully saturated rings. The molecule has 2 unspecified atom stereocenters. The third-order valence-corrected chi connectivity index (χ3v) is 5.16. The number of hydrogen-bond acceptors (Lipinski definition) is 8. The standard InChI is InChI=1S/C21H22ClF2N5O5/c1-8(30)5-26-14-4-13(24)20(28-19(14)25)29-7-11(21(33)34)18(32)10-3-12(23)16(15(22)17(10)29)27-6-9(2)31/h3-4,7-9,26-27,30-31H,5-6H2,1-2H3,(H2,25,28)(H,33,34). The molecule has 0 saturated heterocycles. The number of carboxylic acids is 1. The lowest BCUT2D eigenvalue weighted by Gasteiger charge is -2.19. The first-order chi connectivity index (χ1) is 15.9. The van der Waals surface area contributed by atoms with E-state index in [-0.39, 0.29) is 40.8 Å². The van der Waals surface area contributed by atoms with Gasteiger partial charge in [0.2, 0.25) is 5.43 Å². The number of nitrogen functional groups attached to an aromatic ring is 1. The van der Waals surface area contributed by atoms with Crippen LogP contribution in [0.3, 0.4) is 0 Å². The van der Waals surface area contributed by atoms with Crippen molar-refractivity contribution < 1.29 is 28.9 Å². The molecule has 2 heterocycles. The Kier molecular flexibility index (Phi) is 7.24. The van der Waals surface area contributed by atoms with E-state index in [9.17, 15) is 29.3 Å². The summed E-state index contributed by atoms with van der Waals surface area (Å²) >= 11 is 6.38. The van der Waals surface area contributed by atoms with Crippen molar-refractivity contribution in [1.29, 1.82) is 0 Å². The molecule has 0 aliphatic carbocycles. The maximum absolute atomic E-state index is 15.1. The van der Waals surface area contributed by atoms with Crippen LogP contribution < -0.4 is 21.8 Å². The summed E-state index contributed by atoms with van der Waals surface area (Å²) in [6, 6.07) is 1.76. The number of aromatic carboxylic acids is 1. The molecule has 0 aliphatic heterocycles. The van der Waals surface area contributed by atoms with E-state index in [1.54, 1.807) is 0 Å². The number of nitrogens with zero attached hydrogens (tertiary/aromatic N) is 2. The molecule has 2 aromatic heterocycles. The van der Waals surface area contributed by atoms with Gasteiger partial charge in [-0.25, -0.2) is 18.6 Å². The minimum absolute atomic E-state index is 0.0538. The molecular formula is C21H22ClF2N5O5. The van der Waals surface area contributed by atoms with Crippen molar-refractivity contribution in [2.45, 2.75) is 26.1 Å². The average Bonchev–Trinajstić information content (AvgIpc) is 2.74. The Balaban J connectivity index is 2.34. The molecule has 34 heavy (non-hydrogen) atoms. The molecule has 0 amide bonds. The van der Waals surface area contributed by atoms with Gasteiger partial charge in [-0.1, -0.05) is 11.6 Å². The number of nitrogens with two attached hydrogens (primary N) is 1. The van der Waals surface area contributed by atoms with Gasteiger partial charge in [-0.05, 0) is 19.9 Å². The van der Waals surface area contributed by atoms with Gasteiger partial charge in [0.05, 0.1) is 39.5 Å². The highest BCUT2D eigenvalue weighted by atomic mass is 35.5. The van der Waals surface area contributed by atoms with E-state index in [1.165, 1.54) is 13.8 Å². The monoisotopic (exact) mass is 497 g/mol. The maximum Gasteiger partial charge on any atom is 0.341 e.